The van der Waals surface area contributed by atoms with E-state index in [1.54, 1.807) is 0 Å². The van der Waals surface area contributed by atoms with E-state index >= 15 is 0 Å². The molecule has 4 heteroatoms. The van der Waals surface area contributed by atoms with E-state index in [-0.39, 0.29) is 0 Å². The minimum atomic E-state index is 0.352. The van der Waals surface area contributed by atoms with Gasteiger partial charge < -0.3 is 9.64 Å². The Morgan fingerprint density at radius 3 is 3.24 bits per heavy atom. The number of aromatic nitrogens is 1. The van der Waals surface area contributed by atoms with E-state index < -0.39 is 0 Å². The minimum absolute atomic E-state index is 0.352. The molecule has 0 N–H and O–H groups in total. The average molecular weight is 255 g/mol. The van der Waals surface area contributed by atoms with Crippen molar-refractivity contribution in [1.29, 1.82) is 0 Å². The van der Waals surface area contributed by atoms with Crippen LogP contribution in [0.4, 0.5) is 5.69 Å². The molecule has 1 aliphatic rings. The van der Waals surface area contributed by atoms with Gasteiger partial charge in [0.15, 0.2) is 0 Å². The van der Waals surface area contributed by atoms with Crippen LogP contribution in [0, 0.1) is 0 Å². The molecule has 2 heterocycles. The third-order valence-electron chi connectivity index (χ3n) is 3.14. The maximum Gasteiger partial charge on any atom is 0.0750 e. The number of alkyl halides is 1. The van der Waals surface area contributed by atoms with Crippen LogP contribution in [0.3, 0.4) is 0 Å². The molecular formula is C13H19ClN2O. The van der Waals surface area contributed by atoms with Crippen LogP contribution in [0.5, 0.6) is 0 Å². The van der Waals surface area contributed by atoms with E-state index in [9.17, 15) is 0 Å². The molecule has 0 saturated carbocycles. The molecule has 0 radical (unpaired) electrons. The van der Waals surface area contributed by atoms with Crippen molar-refractivity contribution in [2.24, 2.45) is 0 Å². The predicted molar refractivity (Wildman–Crippen MR) is 70.7 cm³/mol. The first-order valence-corrected chi connectivity index (χ1v) is 6.74. The van der Waals surface area contributed by atoms with E-state index in [0.29, 0.717) is 12.0 Å². The highest BCUT2D eigenvalue weighted by atomic mass is 35.5. The number of anilines is 1. The summed E-state index contributed by atoms with van der Waals surface area (Å²) in [5, 5.41) is 0. The molecule has 17 heavy (non-hydrogen) atoms. The van der Waals surface area contributed by atoms with Gasteiger partial charge in [-0.25, -0.2) is 0 Å². The van der Waals surface area contributed by atoms with Crippen LogP contribution in [-0.4, -0.2) is 30.8 Å². The summed E-state index contributed by atoms with van der Waals surface area (Å²) in [5.41, 5.74) is 2.31. The van der Waals surface area contributed by atoms with Crippen molar-refractivity contribution in [2.45, 2.75) is 31.7 Å². The molecule has 1 aromatic heterocycles. The van der Waals surface area contributed by atoms with Gasteiger partial charge in [-0.1, -0.05) is 0 Å². The normalized spacial score (nSPS) is 20.6. The molecule has 0 amide bonds. The van der Waals surface area contributed by atoms with Gasteiger partial charge >= 0.3 is 0 Å². The zero-order valence-corrected chi connectivity index (χ0v) is 11.0. The van der Waals surface area contributed by atoms with Crippen LogP contribution in [0.15, 0.2) is 18.5 Å². The lowest BCUT2D eigenvalue weighted by Gasteiger charge is -2.35. The fourth-order valence-corrected chi connectivity index (χ4v) is 2.57. The van der Waals surface area contributed by atoms with Gasteiger partial charge in [-0.2, -0.15) is 0 Å². The van der Waals surface area contributed by atoms with Crippen molar-refractivity contribution >= 4 is 17.3 Å². The van der Waals surface area contributed by atoms with E-state index in [2.05, 4.69) is 16.8 Å². The Hall–Kier alpha value is -0.800. The van der Waals surface area contributed by atoms with Gasteiger partial charge in [-0.3, -0.25) is 4.98 Å². The molecule has 0 bridgehead atoms. The van der Waals surface area contributed by atoms with E-state index in [1.807, 2.05) is 18.5 Å². The number of hydrogen-bond donors (Lipinski definition) is 0. The van der Waals surface area contributed by atoms with E-state index in [4.69, 9.17) is 16.3 Å². The zero-order chi connectivity index (χ0) is 12.1. The third kappa shape index (κ3) is 3.11. The van der Waals surface area contributed by atoms with Crippen LogP contribution < -0.4 is 4.90 Å². The highest BCUT2D eigenvalue weighted by molar-refractivity contribution is 6.17. The molecule has 0 aliphatic carbocycles. The van der Waals surface area contributed by atoms with Crippen molar-refractivity contribution in [3.05, 3.63) is 24.0 Å². The molecule has 3 nitrogen and oxygen atoms in total. The Balaban J connectivity index is 2.10. The monoisotopic (exact) mass is 254 g/mol. The molecular weight excluding hydrogens is 236 g/mol. The first-order chi connectivity index (χ1) is 8.35. The summed E-state index contributed by atoms with van der Waals surface area (Å²) < 4.78 is 5.72. The second-order valence-corrected chi connectivity index (χ2v) is 4.57. The quantitative estimate of drug-likeness (QED) is 0.773. The SMILES string of the molecule is CCOC1CCCN(c2ccncc2CCl)C1. The molecule has 1 fully saturated rings. The Bertz CT molecular complexity index is 357. The standard InChI is InChI=1S/C13H19ClN2O/c1-2-17-12-4-3-7-16(10-12)13-5-6-15-9-11(13)8-14/h5-6,9,12H,2-4,7-8,10H2,1H3. The van der Waals surface area contributed by atoms with Crippen LogP contribution in [0.25, 0.3) is 0 Å². The average Bonchev–Trinajstić information content (AvgIpc) is 2.39. The first-order valence-electron chi connectivity index (χ1n) is 6.20. The molecule has 1 aliphatic heterocycles. The maximum absolute atomic E-state index is 5.95. The largest absolute Gasteiger partial charge is 0.377 e. The first kappa shape index (κ1) is 12.7. The van der Waals surface area contributed by atoms with Crippen molar-refractivity contribution in [2.75, 3.05) is 24.6 Å². The van der Waals surface area contributed by atoms with Gasteiger partial charge in [0, 0.05) is 43.3 Å². The smallest absolute Gasteiger partial charge is 0.0750 e. The van der Waals surface area contributed by atoms with Gasteiger partial charge in [-0.15, -0.1) is 11.6 Å². The van der Waals surface area contributed by atoms with Crippen molar-refractivity contribution in [3.8, 4) is 0 Å². The highest BCUT2D eigenvalue weighted by Crippen LogP contribution is 2.25. The summed E-state index contributed by atoms with van der Waals surface area (Å²) in [6, 6.07) is 2.05. The Morgan fingerprint density at radius 2 is 2.47 bits per heavy atom. The van der Waals surface area contributed by atoms with E-state index in [0.717, 1.165) is 31.7 Å². The number of rotatable bonds is 4. The molecule has 94 valence electrons. The molecule has 1 unspecified atom stereocenters. The van der Waals surface area contributed by atoms with Gasteiger partial charge in [0.05, 0.1) is 12.0 Å². The number of nitrogens with zero attached hydrogens (tertiary/aromatic N) is 2. The number of halogens is 1. The Morgan fingerprint density at radius 1 is 1.59 bits per heavy atom. The summed E-state index contributed by atoms with van der Waals surface area (Å²) in [6.07, 6.45) is 6.37. The number of pyridine rings is 1. The number of ether oxygens (including phenoxy) is 1. The minimum Gasteiger partial charge on any atom is -0.377 e. The topological polar surface area (TPSA) is 25.4 Å². The fourth-order valence-electron chi connectivity index (χ4n) is 2.36. The fraction of sp³-hybridized carbons (Fsp3) is 0.615. The Kier molecular flexibility index (Phi) is 4.63. The van der Waals surface area contributed by atoms with Crippen molar-refractivity contribution < 1.29 is 4.74 Å². The zero-order valence-electron chi connectivity index (χ0n) is 10.2. The third-order valence-corrected chi connectivity index (χ3v) is 3.43. The Labute approximate surface area is 108 Å². The molecule has 0 aromatic carbocycles. The van der Waals surface area contributed by atoms with Crippen molar-refractivity contribution in [3.63, 3.8) is 0 Å². The lowest BCUT2D eigenvalue weighted by molar-refractivity contribution is 0.0526. The second kappa shape index (κ2) is 6.22. The summed E-state index contributed by atoms with van der Waals surface area (Å²) in [6.45, 7) is 4.88. The van der Waals surface area contributed by atoms with Crippen LogP contribution in [0.2, 0.25) is 0 Å². The highest BCUT2D eigenvalue weighted by Gasteiger charge is 2.21. The number of hydrogen-bond acceptors (Lipinski definition) is 3. The van der Waals surface area contributed by atoms with Crippen molar-refractivity contribution in [1.82, 2.24) is 4.98 Å². The number of piperidine rings is 1. The lowest BCUT2D eigenvalue weighted by atomic mass is 10.1. The van der Waals surface area contributed by atoms with E-state index in [1.165, 1.54) is 12.1 Å². The molecule has 1 atom stereocenters. The summed E-state index contributed by atoms with van der Waals surface area (Å²) in [7, 11) is 0. The second-order valence-electron chi connectivity index (χ2n) is 4.30. The summed E-state index contributed by atoms with van der Waals surface area (Å²) >= 11 is 5.95. The maximum atomic E-state index is 5.95. The predicted octanol–water partition coefficient (Wildman–Crippen LogP) is 2.83. The van der Waals surface area contributed by atoms with Gasteiger partial charge in [-0.05, 0) is 25.8 Å². The molecule has 2 rings (SSSR count). The molecule has 1 saturated heterocycles. The summed E-state index contributed by atoms with van der Waals surface area (Å²) in [4.78, 5) is 6.49. The van der Waals surface area contributed by atoms with Gasteiger partial charge in [0.25, 0.3) is 0 Å². The van der Waals surface area contributed by atoms with Crippen LogP contribution >= 0.6 is 11.6 Å². The van der Waals surface area contributed by atoms with Gasteiger partial charge in [0.1, 0.15) is 0 Å². The van der Waals surface area contributed by atoms with Crippen LogP contribution in [0.1, 0.15) is 25.3 Å². The summed E-state index contributed by atoms with van der Waals surface area (Å²) in [5.74, 6) is 0.513. The van der Waals surface area contributed by atoms with Crippen LogP contribution in [-0.2, 0) is 10.6 Å². The van der Waals surface area contributed by atoms with Gasteiger partial charge in [0.2, 0.25) is 0 Å². The molecule has 1 aromatic rings. The lowest BCUT2D eigenvalue weighted by Crippen LogP contribution is -2.40. The molecule has 0 spiro atoms.